The Morgan fingerprint density at radius 3 is 2.50 bits per heavy atom. The molecule has 0 amide bonds. The van der Waals surface area contributed by atoms with Crippen LogP contribution in [0.3, 0.4) is 0 Å². The second kappa shape index (κ2) is 8.15. The van der Waals surface area contributed by atoms with Gasteiger partial charge >= 0.3 is 0 Å². The molecule has 2 nitrogen and oxygen atoms in total. The lowest BCUT2D eigenvalue weighted by Gasteiger charge is -2.16. The van der Waals surface area contributed by atoms with Crippen molar-refractivity contribution in [3.8, 4) is 5.75 Å². The maximum Gasteiger partial charge on any atom is 0.120 e. The van der Waals surface area contributed by atoms with E-state index in [9.17, 15) is 0 Å². The highest BCUT2D eigenvalue weighted by Crippen LogP contribution is 2.17. The van der Waals surface area contributed by atoms with Crippen molar-refractivity contribution >= 4 is 0 Å². The summed E-state index contributed by atoms with van der Waals surface area (Å²) in [5.41, 5.74) is 1.29. The summed E-state index contributed by atoms with van der Waals surface area (Å²) in [5, 5.41) is 3.45. The number of benzene rings is 1. The molecule has 1 rings (SSSR count). The van der Waals surface area contributed by atoms with Gasteiger partial charge in [0.1, 0.15) is 5.75 Å². The summed E-state index contributed by atoms with van der Waals surface area (Å²) in [6.07, 6.45) is 2.46. The van der Waals surface area contributed by atoms with Gasteiger partial charge in [0.05, 0.1) is 6.10 Å². The van der Waals surface area contributed by atoms with E-state index in [1.54, 1.807) is 0 Å². The van der Waals surface area contributed by atoms with E-state index in [-0.39, 0.29) is 0 Å². The van der Waals surface area contributed by atoms with Crippen molar-refractivity contribution in [3.05, 3.63) is 29.8 Å². The number of hydrogen-bond donors (Lipinski definition) is 1. The van der Waals surface area contributed by atoms with Gasteiger partial charge in [0.2, 0.25) is 0 Å². The summed E-state index contributed by atoms with van der Waals surface area (Å²) in [4.78, 5) is 0. The van der Waals surface area contributed by atoms with Crippen LogP contribution in [0.1, 0.15) is 46.1 Å². The summed E-state index contributed by atoms with van der Waals surface area (Å²) >= 11 is 0. The first-order chi connectivity index (χ1) is 8.65. The molecule has 0 heterocycles. The third kappa shape index (κ3) is 5.54. The summed E-state index contributed by atoms with van der Waals surface area (Å²) in [6.45, 7) is 10.7. The Bertz CT molecular complexity index is 332. The standard InChI is InChI=1S/C16H27NO/c1-5-15(6-2)18-16-9-7-8-14(10-16)12-17-11-13(3)4/h7-10,13,15,17H,5-6,11-12H2,1-4H3. The summed E-state index contributed by atoms with van der Waals surface area (Å²) < 4.78 is 5.95. The smallest absolute Gasteiger partial charge is 0.120 e. The molecule has 0 aliphatic heterocycles. The Morgan fingerprint density at radius 2 is 1.89 bits per heavy atom. The van der Waals surface area contributed by atoms with Crippen LogP contribution in [0.4, 0.5) is 0 Å². The van der Waals surface area contributed by atoms with Crippen molar-refractivity contribution in [2.45, 2.75) is 53.2 Å². The molecule has 0 radical (unpaired) electrons. The second-order valence-corrected chi connectivity index (χ2v) is 5.23. The van der Waals surface area contributed by atoms with Crippen LogP contribution in [0.25, 0.3) is 0 Å². The molecular weight excluding hydrogens is 222 g/mol. The monoisotopic (exact) mass is 249 g/mol. The van der Waals surface area contributed by atoms with Gasteiger partial charge in [-0.05, 0) is 43.0 Å². The van der Waals surface area contributed by atoms with Crippen molar-refractivity contribution < 1.29 is 4.74 Å². The van der Waals surface area contributed by atoms with Gasteiger partial charge < -0.3 is 10.1 Å². The zero-order chi connectivity index (χ0) is 13.4. The fourth-order valence-corrected chi connectivity index (χ4v) is 1.88. The molecule has 2 heteroatoms. The summed E-state index contributed by atoms with van der Waals surface area (Å²) in [5.74, 6) is 1.68. The minimum absolute atomic E-state index is 0.337. The Balaban J connectivity index is 2.51. The molecule has 0 fully saturated rings. The molecule has 0 bridgehead atoms. The maximum absolute atomic E-state index is 5.95. The molecule has 0 atom stereocenters. The van der Waals surface area contributed by atoms with E-state index < -0.39 is 0 Å². The van der Waals surface area contributed by atoms with E-state index in [0.29, 0.717) is 12.0 Å². The highest BCUT2D eigenvalue weighted by atomic mass is 16.5. The van der Waals surface area contributed by atoms with Crippen molar-refractivity contribution in [1.82, 2.24) is 5.32 Å². The number of nitrogens with one attached hydrogen (secondary N) is 1. The topological polar surface area (TPSA) is 21.3 Å². The van der Waals surface area contributed by atoms with Crippen LogP contribution in [0.15, 0.2) is 24.3 Å². The largest absolute Gasteiger partial charge is 0.490 e. The highest BCUT2D eigenvalue weighted by Gasteiger charge is 2.05. The molecule has 1 aromatic carbocycles. The lowest BCUT2D eigenvalue weighted by molar-refractivity contribution is 0.192. The molecule has 0 saturated carbocycles. The van der Waals surface area contributed by atoms with Crippen LogP contribution in [0.5, 0.6) is 5.75 Å². The van der Waals surface area contributed by atoms with Gasteiger partial charge in [-0.3, -0.25) is 0 Å². The average molecular weight is 249 g/mol. The van der Waals surface area contributed by atoms with Gasteiger partial charge in [-0.15, -0.1) is 0 Å². The third-order valence-electron chi connectivity index (χ3n) is 2.99. The SMILES string of the molecule is CCC(CC)Oc1cccc(CNCC(C)C)c1. The molecule has 0 saturated heterocycles. The van der Waals surface area contributed by atoms with E-state index in [1.165, 1.54) is 5.56 Å². The number of hydrogen-bond acceptors (Lipinski definition) is 2. The predicted octanol–water partition coefficient (Wildman–Crippen LogP) is 4.00. The van der Waals surface area contributed by atoms with Gasteiger partial charge in [0.15, 0.2) is 0 Å². The summed E-state index contributed by atoms with van der Waals surface area (Å²) in [7, 11) is 0. The van der Waals surface area contributed by atoms with E-state index in [0.717, 1.165) is 31.7 Å². The summed E-state index contributed by atoms with van der Waals surface area (Å²) in [6, 6.07) is 8.41. The van der Waals surface area contributed by atoms with Crippen LogP contribution < -0.4 is 10.1 Å². The highest BCUT2D eigenvalue weighted by molar-refractivity contribution is 5.28. The minimum atomic E-state index is 0.337. The molecule has 18 heavy (non-hydrogen) atoms. The first-order valence-electron chi connectivity index (χ1n) is 7.12. The van der Waals surface area contributed by atoms with E-state index in [4.69, 9.17) is 4.74 Å². The Kier molecular flexibility index (Phi) is 6.81. The third-order valence-corrected chi connectivity index (χ3v) is 2.99. The Hall–Kier alpha value is -1.02. The average Bonchev–Trinajstić information content (AvgIpc) is 2.36. The zero-order valence-corrected chi connectivity index (χ0v) is 12.2. The van der Waals surface area contributed by atoms with Crippen molar-refractivity contribution in [2.24, 2.45) is 5.92 Å². The fraction of sp³-hybridized carbons (Fsp3) is 0.625. The van der Waals surface area contributed by atoms with Gasteiger partial charge in [-0.2, -0.15) is 0 Å². The predicted molar refractivity (Wildman–Crippen MR) is 78.0 cm³/mol. The van der Waals surface area contributed by atoms with Crippen LogP contribution in [0.2, 0.25) is 0 Å². The second-order valence-electron chi connectivity index (χ2n) is 5.23. The molecule has 102 valence electrons. The molecule has 0 unspecified atom stereocenters. The normalized spacial score (nSPS) is 11.2. The van der Waals surface area contributed by atoms with E-state index >= 15 is 0 Å². The zero-order valence-electron chi connectivity index (χ0n) is 12.2. The lowest BCUT2D eigenvalue weighted by Crippen LogP contribution is -2.19. The molecular formula is C16H27NO. The van der Waals surface area contributed by atoms with Crippen molar-refractivity contribution in [3.63, 3.8) is 0 Å². The van der Waals surface area contributed by atoms with Gasteiger partial charge in [-0.25, -0.2) is 0 Å². The fourth-order valence-electron chi connectivity index (χ4n) is 1.88. The number of ether oxygens (including phenoxy) is 1. The maximum atomic E-state index is 5.95. The van der Waals surface area contributed by atoms with Crippen LogP contribution in [0, 0.1) is 5.92 Å². The first-order valence-corrected chi connectivity index (χ1v) is 7.12. The van der Waals surface area contributed by atoms with Crippen molar-refractivity contribution in [1.29, 1.82) is 0 Å². The van der Waals surface area contributed by atoms with E-state index in [2.05, 4.69) is 51.2 Å². The lowest BCUT2D eigenvalue weighted by atomic mass is 10.2. The molecule has 1 aromatic rings. The first kappa shape index (κ1) is 15.0. The van der Waals surface area contributed by atoms with Gasteiger partial charge in [0.25, 0.3) is 0 Å². The van der Waals surface area contributed by atoms with Gasteiger partial charge in [0, 0.05) is 6.54 Å². The number of rotatable bonds is 8. The van der Waals surface area contributed by atoms with E-state index in [1.807, 2.05) is 6.07 Å². The minimum Gasteiger partial charge on any atom is -0.490 e. The van der Waals surface area contributed by atoms with Crippen LogP contribution in [-0.2, 0) is 6.54 Å². The molecule has 1 N–H and O–H groups in total. The van der Waals surface area contributed by atoms with Crippen LogP contribution in [-0.4, -0.2) is 12.6 Å². The Morgan fingerprint density at radius 1 is 1.17 bits per heavy atom. The molecule has 0 aliphatic rings. The quantitative estimate of drug-likeness (QED) is 0.752. The Labute approximate surface area is 112 Å². The molecule has 0 aliphatic carbocycles. The van der Waals surface area contributed by atoms with Crippen molar-refractivity contribution in [2.75, 3.05) is 6.54 Å². The molecule has 0 spiro atoms. The van der Waals surface area contributed by atoms with Gasteiger partial charge in [-0.1, -0.05) is 39.8 Å². The molecule has 0 aromatic heterocycles. The van der Waals surface area contributed by atoms with Crippen LogP contribution >= 0.6 is 0 Å².